The SMILES string of the molecule is c1ccc2c(c1)ccc1c3cc4[nH]c5ccccc5c4cc3oc21. The molecule has 0 spiro atoms. The molecule has 4 aromatic carbocycles. The van der Waals surface area contributed by atoms with Crippen molar-refractivity contribution in [3.05, 3.63) is 72.8 Å². The Morgan fingerprint density at radius 1 is 0.583 bits per heavy atom. The summed E-state index contributed by atoms with van der Waals surface area (Å²) in [6, 6.07) is 25.5. The van der Waals surface area contributed by atoms with Crippen molar-refractivity contribution in [3.63, 3.8) is 0 Å². The summed E-state index contributed by atoms with van der Waals surface area (Å²) in [6.45, 7) is 0. The van der Waals surface area contributed by atoms with Crippen LogP contribution in [0.4, 0.5) is 0 Å². The highest BCUT2D eigenvalue weighted by Crippen LogP contribution is 2.37. The molecular weight excluding hydrogens is 294 g/mol. The zero-order chi connectivity index (χ0) is 15.7. The fourth-order valence-corrected chi connectivity index (χ4v) is 3.85. The molecule has 6 rings (SSSR count). The molecule has 2 heteroatoms. The van der Waals surface area contributed by atoms with E-state index in [9.17, 15) is 0 Å². The molecule has 2 nitrogen and oxygen atoms in total. The summed E-state index contributed by atoms with van der Waals surface area (Å²) in [5, 5.41) is 7.15. The molecule has 112 valence electrons. The fourth-order valence-electron chi connectivity index (χ4n) is 3.85. The van der Waals surface area contributed by atoms with Crippen LogP contribution in [0.25, 0.3) is 54.5 Å². The number of rotatable bonds is 0. The van der Waals surface area contributed by atoms with Gasteiger partial charge in [-0.1, -0.05) is 48.5 Å². The van der Waals surface area contributed by atoms with E-state index < -0.39 is 0 Å². The maximum atomic E-state index is 6.28. The van der Waals surface area contributed by atoms with Gasteiger partial charge in [-0.2, -0.15) is 0 Å². The molecule has 0 aliphatic carbocycles. The standard InChI is InChI=1S/C22H13NO/c1-2-6-14-13(5-1)9-10-16-18-11-20-17(12-21(18)24-22(14)16)15-7-3-4-8-19(15)23-20/h1-12,23H. The number of aromatic nitrogens is 1. The maximum absolute atomic E-state index is 6.28. The summed E-state index contributed by atoms with van der Waals surface area (Å²) in [7, 11) is 0. The molecule has 0 unspecified atom stereocenters. The number of hydrogen-bond acceptors (Lipinski definition) is 1. The van der Waals surface area contributed by atoms with Gasteiger partial charge < -0.3 is 9.40 Å². The number of furan rings is 1. The molecule has 0 atom stereocenters. The van der Waals surface area contributed by atoms with Crippen molar-refractivity contribution in [2.75, 3.05) is 0 Å². The van der Waals surface area contributed by atoms with E-state index in [1.54, 1.807) is 0 Å². The minimum atomic E-state index is 0.943. The number of aromatic amines is 1. The highest BCUT2D eigenvalue weighted by atomic mass is 16.3. The summed E-state index contributed by atoms with van der Waals surface area (Å²) in [5.74, 6) is 0. The monoisotopic (exact) mass is 307 g/mol. The molecule has 24 heavy (non-hydrogen) atoms. The van der Waals surface area contributed by atoms with Crippen molar-refractivity contribution in [2.45, 2.75) is 0 Å². The third-order valence-corrected chi connectivity index (χ3v) is 4.99. The highest BCUT2D eigenvalue weighted by Gasteiger charge is 2.13. The zero-order valence-corrected chi connectivity index (χ0v) is 12.8. The van der Waals surface area contributed by atoms with Crippen LogP contribution in [-0.2, 0) is 0 Å². The Morgan fingerprint density at radius 2 is 1.42 bits per heavy atom. The van der Waals surface area contributed by atoms with Crippen LogP contribution < -0.4 is 0 Å². The van der Waals surface area contributed by atoms with E-state index in [0.29, 0.717) is 0 Å². The van der Waals surface area contributed by atoms with Crippen molar-refractivity contribution in [2.24, 2.45) is 0 Å². The van der Waals surface area contributed by atoms with Crippen LogP contribution in [0.2, 0.25) is 0 Å². The van der Waals surface area contributed by atoms with Gasteiger partial charge in [0.05, 0.1) is 0 Å². The fraction of sp³-hybridized carbons (Fsp3) is 0. The number of para-hydroxylation sites is 1. The lowest BCUT2D eigenvalue weighted by Crippen LogP contribution is -1.73. The lowest BCUT2D eigenvalue weighted by molar-refractivity contribution is 0.673. The van der Waals surface area contributed by atoms with Crippen molar-refractivity contribution in [3.8, 4) is 0 Å². The third kappa shape index (κ3) is 1.45. The second-order valence-electron chi connectivity index (χ2n) is 6.33. The number of benzene rings is 4. The van der Waals surface area contributed by atoms with Crippen LogP contribution in [0.1, 0.15) is 0 Å². The molecule has 0 amide bonds. The summed E-state index contributed by atoms with van der Waals surface area (Å²) in [4.78, 5) is 3.52. The minimum Gasteiger partial charge on any atom is -0.455 e. The number of nitrogens with one attached hydrogen (secondary N) is 1. The Bertz CT molecular complexity index is 1400. The van der Waals surface area contributed by atoms with E-state index in [4.69, 9.17) is 4.42 Å². The van der Waals surface area contributed by atoms with Gasteiger partial charge in [0.15, 0.2) is 0 Å². The minimum absolute atomic E-state index is 0.943. The molecule has 0 radical (unpaired) electrons. The first-order chi connectivity index (χ1) is 11.9. The maximum Gasteiger partial charge on any atom is 0.143 e. The van der Waals surface area contributed by atoms with E-state index >= 15 is 0 Å². The molecular formula is C22H13NO. The van der Waals surface area contributed by atoms with Crippen LogP contribution in [0.15, 0.2) is 77.2 Å². The molecule has 0 aliphatic rings. The Balaban J connectivity index is 1.84. The van der Waals surface area contributed by atoms with Gasteiger partial charge in [0, 0.05) is 38.0 Å². The van der Waals surface area contributed by atoms with Crippen molar-refractivity contribution in [1.82, 2.24) is 4.98 Å². The van der Waals surface area contributed by atoms with Gasteiger partial charge in [-0.05, 0) is 29.7 Å². The van der Waals surface area contributed by atoms with Gasteiger partial charge in [-0.3, -0.25) is 0 Å². The van der Waals surface area contributed by atoms with Crippen LogP contribution in [0.5, 0.6) is 0 Å². The molecule has 1 N–H and O–H groups in total. The Kier molecular flexibility index (Phi) is 2.12. The predicted molar refractivity (Wildman–Crippen MR) is 101 cm³/mol. The summed E-state index contributed by atoms with van der Waals surface area (Å²) < 4.78 is 6.28. The van der Waals surface area contributed by atoms with Crippen molar-refractivity contribution >= 4 is 54.5 Å². The van der Waals surface area contributed by atoms with Crippen LogP contribution in [-0.4, -0.2) is 4.98 Å². The average molecular weight is 307 g/mol. The Labute approximate surface area is 137 Å². The molecule has 2 aromatic heterocycles. The first-order valence-corrected chi connectivity index (χ1v) is 8.13. The van der Waals surface area contributed by atoms with E-state index in [1.165, 1.54) is 26.9 Å². The number of fused-ring (bicyclic) bond motifs is 8. The summed E-state index contributed by atoms with van der Waals surface area (Å²) in [6.07, 6.45) is 0. The zero-order valence-electron chi connectivity index (χ0n) is 12.8. The van der Waals surface area contributed by atoms with E-state index in [0.717, 1.165) is 27.6 Å². The smallest absolute Gasteiger partial charge is 0.143 e. The molecule has 0 saturated heterocycles. The first kappa shape index (κ1) is 12.2. The van der Waals surface area contributed by atoms with E-state index in [2.05, 4.69) is 77.8 Å². The van der Waals surface area contributed by atoms with Gasteiger partial charge in [-0.15, -0.1) is 0 Å². The number of hydrogen-bond donors (Lipinski definition) is 1. The van der Waals surface area contributed by atoms with Gasteiger partial charge in [0.2, 0.25) is 0 Å². The van der Waals surface area contributed by atoms with Crippen LogP contribution >= 0.6 is 0 Å². The lowest BCUT2D eigenvalue weighted by atomic mass is 10.1. The predicted octanol–water partition coefficient (Wildman–Crippen LogP) is 6.37. The first-order valence-electron chi connectivity index (χ1n) is 8.13. The van der Waals surface area contributed by atoms with Crippen molar-refractivity contribution in [1.29, 1.82) is 0 Å². The second kappa shape index (κ2) is 4.18. The second-order valence-corrected chi connectivity index (χ2v) is 6.33. The molecule has 0 saturated carbocycles. The lowest BCUT2D eigenvalue weighted by Gasteiger charge is -1.97. The van der Waals surface area contributed by atoms with Crippen molar-refractivity contribution < 1.29 is 4.42 Å². The molecule has 6 aromatic rings. The van der Waals surface area contributed by atoms with Gasteiger partial charge >= 0.3 is 0 Å². The number of H-pyrrole nitrogens is 1. The van der Waals surface area contributed by atoms with Gasteiger partial charge in [-0.25, -0.2) is 0 Å². The largest absolute Gasteiger partial charge is 0.455 e. The molecule has 2 heterocycles. The Hall–Kier alpha value is -3.26. The van der Waals surface area contributed by atoms with E-state index in [1.807, 2.05) is 0 Å². The molecule has 0 aliphatic heterocycles. The van der Waals surface area contributed by atoms with Crippen LogP contribution in [0, 0.1) is 0 Å². The van der Waals surface area contributed by atoms with Crippen LogP contribution in [0.3, 0.4) is 0 Å². The molecule has 0 bridgehead atoms. The molecule has 0 fully saturated rings. The Morgan fingerprint density at radius 3 is 2.38 bits per heavy atom. The topological polar surface area (TPSA) is 28.9 Å². The van der Waals surface area contributed by atoms with Gasteiger partial charge in [0.1, 0.15) is 11.2 Å². The highest BCUT2D eigenvalue weighted by molar-refractivity contribution is 6.19. The average Bonchev–Trinajstić information content (AvgIpc) is 3.17. The van der Waals surface area contributed by atoms with Gasteiger partial charge in [0.25, 0.3) is 0 Å². The quantitative estimate of drug-likeness (QED) is 0.347. The van der Waals surface area contributed by atoms with E-state index in [-0.39, 0.29) is 0 Å². The summed E-state index contributed by atoms with van der Waals surface area (Å²) >= 11 is 0. The summed E-state index contributed by atoms with van der Waals surface area (Å²) in [5.41, 5.74) is 4.23. The normalized spacial score (nSPS) is 12.2. The third-order valence-electron chi connectivity index (χ3n) is 4.99.